The predicted molar refractivity (Wildman–Crippen MR) is 52.6 cm³/mol. The first-order valence-corrected chi connectivity index (χ1v) is 4.86. The maximum absolute atomic E-state index is 11.4. The van der Waals surface area contributed by atoms with Crippen LogP contribution in [0.25, 0.3) is 0 Å². The zero-order valence-electron chi connectivity index (χ0n) is 8.51. The van der Waals surface area contributed by atoms with E-state index in [1.807, 2.05) is 6.08 Å². The highest BCUT2D eigenvalue weighted by molar-refractivity contribution is 5.84. The third-order valence-electron chi connectivity index (χ3n) is 3.24. The maximum Gasteiger partial charge on any atom is 0.161 e. The molecule has 0 aromatic heterocycles. The van der Waals surface area contributed by atoms with Crippen LogP contribution in [0.4, 0.5) is 0 Å². The second-order valence-corrected chi connectivity index (χ2v) is 3.81. The van der Waals surface area contributed by atoms with Crippen LogP contribution in [-0.4, -0.2) is 19.0 Å². The number of carbonyl (C=O) groups excluding carboxylic acids is 1. The van der Waals surface area contributed by atoms with Gasteiger partial charge in [-0.2, -0.15) is 0 Å². The average molecular weight is 182 g/mol. The van der Waals surface area contributed by atoms with E-state index in [1.54, 1.807) is 7.11 Å². The maximum atomic E-state index is 11.4. The molecule has 0 heterocycles. The van der Waals surface area contributed by atoms with E-state index < -0.39 is 0 Å². The molecule has 0 saturated heterocycles. The van der Waals surface area contributed by atoms with E-state index in [0.29, 0.717) is 6.42 Å². The second-order valence-electron chi connectivity index (χ2n) is 3.81. The van der Waals surface area contributed by atoms with Crippen molar-refractivity contribution in [2.45, 2.75) is 38.7 Å². The molecule has 0 aromatic rings. The lowest BCUT2D eigenvalue weighted by Crippen LogP contribution is -2.37. The number of hydrogen-bond donors (Lipinski definition) is 0. The van der Waals surface area contributed by atoms with Crippen LogP contribution in [-0.2, 0) is 9.53 Å². The molecule has 13 heavy (non-hydrogen) atoms. The minimum Gasteiger partial charge on any atom is -0.374 e. The largest absolute Gasteiger partial charge is 0.374 e. The Morgan fingerprint density at radius 1 is 1.77 bits per heavy atom. The lowest BCUT2D eigenvalue weighted by atomic mass is 9.71. The summed E-state index contributed by atoms with van der Waals surface area (Å²) in [5, 5.41) is 0. The predicted octanol–water partition coefficient (Wildman–Crippen LogP) is 2.34. The molecule has 0 N–H and O–H groups in total. The van der Waals surface area contributed by atoms with Crippen LogP contribution in [0.3, 0.4) is 0 Å². The van der Waals surface area contributed by atoms with E-state index in [-0.39, 0.29) is 17.3 Å². The molecule has 1 saturated carbocycles. The summed E-state index contributed by atoms with van der Waals surface area (Å²) < 4.78 is 5.17. The Bertz CT molecular complexity index is 210. The summed E-state index contributed by atoms with van der Waals surface area (Å²) in [5.74, 6) is 0.244. The summed E-state index contributed by atoms with van der Waals surface area (Å²) in [6, 6.07) is 0. The minimum absolute atomic E-state index is 0.134. The summed E-state index contributed by atoms with van der Waals surface area (Å²) in [6.45, 7) is 6.00. The smallest absolute Gasteiger partial charge is 0.161 e. The molecular formula is C11H18O2. The summed E-state index contributed by atoms with van der Waals surface area (Å²) in [5.41, 5.74) is 0.134. The van der Waals surface area contributed by atoms with Crippen molar-refractivity contribution < 1.29 is 9.53 Å². The normalized spacial score (nSPS) is 34.6. The van der Waals surface area contributed by atoms with Crippen molar-refractivity contribution in [2.75, 3.05) is 7.11 Å². The van der Waals surface area contributed by atoms with Crippen molar-refractivity contribution in [1.29, 1.82) is 0 Å². The quantitative estimate of drug-likeness (QED) is 0.626. The van der Waals surface area contributed by atoms with E-state index >= 15 is 0 Å². The van der Waals surface area contributed by atoms with Gasteiger partial charge in [0.05, 0.1) is 0 Å². The SMILES string of the molecule is C=CC1(CC)CCC(=O)C(OC)C1. The van der Waals surface area contributed by atoms with Crippen molar-refractivity contribution >= 4 is 5.78 Å². The van der Waals surface area contributed by atoms with Gasteiger partial charge in [-0.3, -0.25) is 4.79 Å². The van der Waals surface area contributed by atoms with Gasteiger partial charge in [0.15, 0.2) is 5.78 Å². The van der Waals surface area contributed by atoms with E-state index in [9.17, 15) is 4.79 Å². The Balaban J connectivity index is 2.72. The van der Waals surface area contributed by atoms with Gasteiger partial charge >= 0.3 is 0 Å². The van der Waals surface area contributed by atoms with E-state index in [2.05, 4.69) is 13.5 Å². The first-order chi connectivity index (χ1) is 6.17. The first kappa shape index (κ1) is 10.5. The van der Waals surface area contributed by atoms with Crippen molar-refractivity contribution in [2.24, 2.45) is 5.41 Å². The highest BCUT2D eigenvalue weighted by Crippen LogP contribution is 2.39. The molecule has 1 fully saturated rings. The molecule has 0 aromatic carbocycles. The van der Waals surface area contributed by atoms with Gasteiger partial charge in [-0.05, 0) is 24.7 Å². The van der Waals surface area contributed by atoms with E-state index in [0.717, 1.165) is 19.3 Å². The van der Waals surface area contributed by atoms with Gasteiger partial charge in [0.25, 0.3) is 0 Å². The van der Waals surface area contributed by atoms with Crippen LogP contribution in [0.5, 0.6) is 0 Å². The van der Waals surface area contributed by atoms with E-state index in [4.69, 9.17) is 4.74 Å². The summed E-state index contributed by atoms with van der Waals surface area (Å²) in [4.78, 5) is 11.4. The van der Waals surface area contributed by atoms with Gasteiger partial charge in [0, 0.05) is 13.5 Å². The van der Waals surface area contributed by atoms with Crippen LogP contribution >= 0.6 is 0 Å². The third-order valence-corrected chi connectivity index (χ3v) is 3.24. The van der Waals surface area contributed by atoms with Crippen LogP contribution in [0.15, 0.2) is 12.7 Å². The zero-order valence-corrected chi connectivity index (χ0v) is 8.51. The van der Waals surface area contributed by atoms with Gasteiger partial charge < -0.3 is 4.74 Å². The fourth-order valence-corrected chi connectivity index (χ4v) is 1.98. The fraction of sp³-hybridized carbons (Fsp3) is 0.727. The Hall–Kier alpha value is -0.630. The molecule has 1 rings (SSSR count). The second kappa shape index (κ2) is 4.05. The van der Waals surface area contributed by atoms with Crippen LogP contribution < -0.4 is 0 Å². The molecule has 0 radical (unpaired) electrons. The molecular weight excluding hydrogens is 164 g/mol. The van der Waals surface area contributed by atoms with Gasteiger partial charge in [0.2, 0.25) is 0 Å². The van der Waals surface area contributed by atoms with Crippen molar-refractivity contribution in [3.63, 3.8) is 0 Å². The topological polar surface area (TPSA) is 26.3 Å². The number of hydrogen-bond acceptors (Lipinski definition) is 2. The Labute approximate surface area is 80.0 Å². The number of allylic oxidation sites excluding steroid dienone is 1. The number of Topliss-reactive ketones (excluding diaryl/α,β-unsaturated/α-hetero) is 1. The average Bonchev–Trinajstić information content (AvgIpc) is 2.19. The molecule has 1 aliphatic carbocycles. The first-order valence-electron chi connectivity index (χ1n) is 4.86. The lowest BCUT2D eigenvalue weighted by Gasteiger charge is -2.36. The Morgan fingerprint density at radius 2 is 2.46 bits per heavy atom. The molecule has 0 spiro atoms. The molecule has 2 nitrogen and oxygen atoms in total. The van der Waals surface area contributed by atoms with Gasteiger partial charge in [0.1, 0.15) is 6.10 Å². The molecule has 0 aliphatic heterocycles. The van der Waals surface area contributed by atoms with Gasteiger partial charge in [-0.25, -0.2) is 0 Å². The molecule has 74 valence electrons. The number of ketones is 1. The van der Waals surface area contributed by atoms with Gasteiger partial charge in [-0.15, -0.1) is 6.58 Å². The third kappa shape index (κ3) is 1.99. The molecule has 2 heteroatoms. The summed E-state index contributed by atoms with van der Waals surface area (Å²) in [6.07, 6.45) is 5.22. The summed E-state index contributed by atoms with van der Waals surface area (Å²) >= 11 is 0. The van der Waals surface area contributed by atoms with Crippen LogP contribution in [0, 0.1) is 5.41 Å². The fourth-order valence-electron chi connectivity index (χ4n) is 1.98. The number of carbonyl (C=O) groups is 1. The Kier molecular flexibility index (Phi) is 3.26. The molecule has 1 aliphatic rings. The number of ether oxygens (including phenoxy) is 1. The molecule has 0 amide bonds. The van der Waals surface area contributed by atoms with E-state index in [1.165, 1.54) is 0 Å². The standard InChI is InChI=1S/C11H18O2/c1-4-11(5-2)7-6-9(12)10(8-11)13-3/h4,10H,1,5-8H2,2-3H3. The number of rotatable bonds is 3. The van der Waals surface area contributed by atoms with Crippen molar-refractivity contribution in [1.82, 2.24) is 0 Å². The molecule has 2 unspecified atom stereocenters. The number of methoxy groups -OCH3 is 1. The summed E-state index contributed by atoms with van der Waals surface area (Å²) in [7, 11) is 1.61. The highest BCUT2D eigenvalue weighted by atomic mass is 16.5. The van der Waals surface area contributed by atoms with Gasteiger partial charge in [-0.1, -0.05) is 13.0 Å². The highest BCUT2D eigenvalue weighted by Gasteiger charge is 2.36. The lowest BCUT2D eigenvalue weighted by molar-refractivity contribution is -0.134. The Morgan fingerprint density at radius 3 is 2.92 bits per heavy atom. The monoisotopic (exact) mass is 182 g/mol. The molecule has 2 atom stereocenters. The van der Waals surface area contributed by atoms with Crippen molar-refractivity contribution in [3.8, 4) is 0 Å². The van der Waals surface area contributed by atoms with Crippen LogP contribution in [0.1, 0.15) is 32.6 Å². The van der Waals surface area contributed by atoms with Crippen LogP contribution in [0.2, 0.25) is 0 Å². The minimum atomic E-state index is -0.202. The molecule has 0 bridgehead atoms. The van der Waals surface area contributed by atoms with Crippen molar-refractivity contribution in [3.05, 3.63) is 12.7 Å². The zero-order chi connectivity index (χ0) is 9.90.